The van der Waals surface area contributed by atoms with Crippen LogP contribution in [0.25, 0.3) is 0 Å². The molecule has 2 N–H and O–H groups in total. The average Bonchev–Trinajstić information content (AvgIpc) is 2.38. The van der Waals surface area contributed by atoms with Crippen LogP contribution in [0, 0.1) is 0 Å². The lowest BCUT2D eigenvalue weighted by molar-refractivity contribution is -0.137. The Bertz CT molecular complexity index is 374. The SMILES string of the molecule is COCCN(CC(=O)O)C(=O)NC1CCC(=O)N(C)C1. The molecule has 1 fully saturated rings. The molecule has 20 heavy (non-hydrogen) atoms. The number of carboxylic acids is 1. The summed E-state index contributed by atoms with van der Waals surface area (Å²) >= 11 is 0. The van der Waals surface area contributed by atoms with Crippen molar-refractivity contribution >= 4 is 17.9 Å². The molecule has 1 atom stereocenters. The van der Waals surface area contributed by atoms with Crippen LogP contribution in [0.3, 0.4) is 0 Å². The molecule has 0 spiro atoms. The number of nitrogens with zero attached hydrogens (tertiary/aromatic N) is 2. The number of ether oxygens (including phenoxy) is 1. The van der Waals surface area contributed by atoms with Gasteiger partial charge in [-0.2, -0.15) is 0 Å². The van der Waals surface area contributed by atoms with Crippen LogP contribution in [-0.4, -0.2) is 79.3 Å². The van der Waals surface area contributed by atoms with E-state index in [1.807, 2.05) is 0 Å². The van der Waals surface area contributed by atoms with Crippen LogP contribution in [-0.2, 0) is 14.3 Å². The van der Waals surface area contributed by atoms with Gasteiger partial charge in [0.05, 0.1) is 6.61 Å². The van der Waals surface area contributed by atoms with Gasteiger partial charge in [0.1, 0.15) is 6.54 Å². The molecule has 1 heterocycles. The second-order valence-corrected chi connectivity index (χ2v) is 4.77. The normalized spacial score (nSPS) is 18.8. The number of carbonyl (C=O) groups is 3. The van der Waals surface area contributed by atoms with Gasteiger partial charge in [-0.3, -0.25) is 9.59 Å². The lowest BCUT2D eigenvalue weighted by Gasteiger charge is -2.32. The van der Waals surface area contributed by atoms with Crippen LogP contribution in [0.5, 0.6) is 0 Å². The van der Waals surface area contributed by atoms with E-state index >= 15 is 0 Å². The quantitative estimate of drug-likeness (QED) is 0.676. The minimum absolute atomic E-state index is 0.0530. The van der Waals surface area contributed by atoms with Gasteiger partial charge in [0.2, 0.25) is 5.91 Å². The fourth-order valence-electron chi connectivity index (χ4n) is 2.01. The lowest BCUT2D eigenvalue weighted by atomic mass is 10.1. The zero-order valence-electron chi connectivity index (χ0n) is 11.8. The molecular formula is C12H21N3O5. The molecule has 0 aromatic carbocycles. The number of likely N-dealkylation sites (tertiary alicyclic amines) is 1. The molecule has 0 saturated carbocycles. The Morgan fingerprint density at radius 2 is 2.25 bits per heavy atom. The van der Waals surface area contributed by atoms with Crippen molar-refractivity contribution in [2.45, 2.75) is 18.9 Å². The summed E-state index contributed by atoms with van der Waals surface area (Å²) in [6, 6.07) is -0.596. The number of carbonyl (C=O) groups excluding carboxylic acids is 2. The second kappa shape index (κ2) is 7.68. The first-order valence-electron chi connectivity index (χ1n) is 6.44. The Morgan fingerprint density at radius 1 is 1.55 bits per heavy atom. The molecule has 0 aromatic heterocycles. The maximum absolute atomic E-state index is 12.0. The van der Waals surface area contributed by atoms with Crippen molar-refractivity contribution in [2.75, 3.05) is 40.4 Å². The summed E-state index contributed by atoms with van der Waals surface area (Å²) in [7, 11) is 3.17. The molecule has 0 aliphatic carbocycles. The molecule has 0 bridgehead atoms. The largest absolute Gasteiger partial charge is 0.480 e. The molecule has 0 aromatic rings. The van der Waals surface area contributed by atoms with E-state index in [4.69, 9.17) is 9.84 Å². The molecule has 0 radical (unpaired) electrons. The average molecular weight is 287 g/mol. The molecule has 1 rings (SSSR count). The van der Waals surface area contributed by atoms with Gasteiger partial charge in [0.25, 0.3) is 0 Å². The van der Waals surface area contributed by atoms with Crippen molar-refractivity contribution < 1.29 is 24.2 Å². The molecule has 114 valence electrons. The van der Waals surface area contributed by atoms with E-state index in [9.17, 15) is 14.4 Å². The number of urea groups is 1. The maximum Gasteiger partial charge on any atom is 0.323 e. The summed E-state index contributed by atoms with van der Waals surface area (Å²) in [5.74, 6) is -1.02. The monoisotopic (exact) mass is 287 g/mol. The van der Waals surface area contributed by atoms with E-state index < -0.39 is 12.0 Å². The third-order valence-electron chi connectivity index (χ3n) is 3.13. The highest BCUT2D eigenvalue weighted by molar-refractivity contribution is 5.81. The summed E-state index contributed by atoms with van der Waals surface area (Å²) in [5, 5.41) is 11.6. The van der Waals surface area contributed by atoms with Gasteiger partial charge < -0.3 is 25.0 Å². The van der Waals surface area contributed by atoms with Crippen LogP contribution in [0.1, 0.15) is 12.8 Å². The number of aliphatic carboxylic acids is 1. The molecule has 8 heteroatoms. The molecule has 3 amide bonds. The van der Waals surface area contributed by atoms with E-state index in [1.165, 1.54) is 12.0 Å². The Kier molecular flexibility index (Phi) is 6.23. The zero-order valence-corrected chi connectivity index (χ0v) is 11.8. The minimum Gasteiger partial charge on any atom is -0.480 e. The topological polar surface area (TPSA) is 99.2 Å². The molecule has 1 aliphatic rings. The first kappa shape index (κ1) is 16.2. The number of amides is 3. The Balaban J connectivity index is 2.52. The number of rotatable bonds is 6. The van der Waals surface area contributed by atoms with E-state index in [0.717, 1.165) is 0 Å². The van der Waals surface area contributed by atoms with Crippen LogP contribution >= 0.6 is 0 Å². The summed E-state index contributed by atoms with van der Waals surface area (Å²) in [6.45, 7) is 0.534. The van der Waals surface area contributed by atoms with Crippen molar-refractivity contribution in [2.24, 2.45) is 0 Å². The number of methoxy groups -OCH3 is 1. The standard InChI is InChI=1S/C12H21N3O5/c1-14-7-9(3-4-10(14)16)13-12(19)15(5-6-20-2)8-11(17)18/h9H,3-8H2,1-2H3,(H,13,19)(H,17,18). The number of hydrogen-bond donors (Lipinski definition) is 2. The number of hydrogen-bond acceptors (Lipinski definition) is 4. The van der Waals surface area contributed by atoms with Crippen LogP contribution in [0.15, 0.2) is 0 Å². The number of likely N-dealkylation sites (N-methyl/N-ethyl adjacent to an activating group) is 1. The van der Waals surface area contributed by atoms with Crippen molar-refractivity contribution in [3.05, 3.63) is 0 Å². The highest BCUT2D eigenvalue weighted by atomic mass is 16.5. The van der Waals surface area contributed by atoms with Crippen LogP contribution in [0.4, 0.5) is 4.79 Å². The fraction of sp³-hybridized carbons (Fsp3) is 0.750. The van der Waals surface area contributed by atoms with E-state index in [1.54, 1.807) is 11.9 Å². The Labute approximate surface area is 117 Å². The summed E-state index contributed by atoms with van der Waals surface area (Å²) in [4.78, 5) is 36.9. The van der Waals surface area contributed by atoms with Gasteiger partial charge in [-0.1, -0.05) is 0 Å². The summed E-state index contributed by atoms with van der Waals surface area (Å²) in [5.41, 5.74) is 0. The zero-order chi connectivity index (χ0) is 15.1. The van der Waals surface area contributed by atoms with Crippen molar-refractivity contribution in [3.63, 3.8) is 0 Å². The van der Waals surface area contributed by atoms with Gasteiger partial charge in [0.15, 0.2) is 0 Å². The smallest absolute Gasteiger partial charge is 0.323 e. The van der Waals surface area contributed by atoms with Crippen LogP contribution < -0.4 is 5.32 Å². The molecule has 1 saturated heterocycles. The van der Waals surface area contributed by atoms with E-state index in [2.05, 4.69) is 5.32 Å². The second-order valence-electron chi connectivity index (χ2n) is 4.77. The van der Waals surface area contributed by atoms with Gasteiger partial charge >= 0.3 is 12.0 Å². The van der Waals surface area contributed by atoms with Crippen LogP contribution in [0.2, 0.25) is 0 Å². The van der Waals surface area contributed by atoms with Crippen molar-refractivity contribution in [1.29, 1.82) is 0 Å². The number of carboxylic acid groups (broad SMARTS) is 1. The van der Waals surface area contributed by atoms with Gasteiger partial charge in [-0.05, 0) is 6.42 Å². The van der Waals surface area contributed by atoms with E-state index in [0.29, 0.717) is 19.4 Å². The first-order valence-corrected chi connectivity index (χ1v) is 6.44. The van der Waals surface area contributed by atoms with Crippen molar-refractivity contribution in [3.8, 4) is 0 Å². The van der Waals surface area contributed by atoms with Crippen molar-refractivity contribution in [1.82, 2.24) is 15.1 Å². The molecule has 1 aliphatic heterocycles. The van der Waals surface area contributed by atoms with Gasteiger partial charge in [-0.15, -0.1) is 0 Å². The molecule has 8 nitrogen and oxygen atoms in total. The summed E-state index contributed by atoms with van der Waals surface area (Å²) < 4.78 is 4.86. The Hall–Kier alpha value is -1.83. The Morgan fingerprint density at radius 3 is 2.80 bits per heavy atom. The highest BCUT2D eigenvalue weighted by Gasteiger charge is 2.26. The minimum atomic E-state index is -1.08. The highest BCUT2D eigenvalue weighted by Crippen LogP contribution is 2.10. The molecular weight excluding hydrogens is 266 g/mol. The molecule has 1 unspecified atom stereocenters. The predicted octanol–water partition coefficient (Wildman–Crippen LogP) is -0.650. The van der Waals surface area contributed by atoms with E-state index in [-0.39, 0.29) is 31.6 Å². The third-order valence-corrected chi connectivity index (χ3v) is 3.13. The predicted molar refractivity (Wildman–Crippen MR) is 70.3 cm³/mol. The third kappa shape index (κ3) is 5.04. The van der Waals surface area contributed by atoms with Gasteiger partial charge in [0, 0.05) is 39.7 Å². The lowest BCUT2D eigenvalue weighted by Crippen LogP contribution is -2.53. The number of nitrogens with one attached hydrogen (secondary N) is 1. The maximum atomic E-state index is 12.0. The summed E-state index contributed by atoms with van der Waals surface area (Å²) in [6.07, 6.45) is 0.957. The first-order chi connectivity index (χ1) is 9.43. The number of piperidine rings is 1. The van der Waals surface area contributed by atoms with Gasteiger partial charge in [-0.25, -0.2) is 4.79 Å². The fourth-order valence-corrected chi connectivity index (χ4v) is 2.01.